The zero-order valence-electron chi connectivity index (χ0n) is 65.8. The van der Waals surface area contributed by atoms with E-state index in [0.717, 1.165) is 90.4 Å². The van der Waals surface area contributed by atoms with Gasteiger partial charge in [0.2, 0.25) is 26.0 Å². The van der Waals surface area contributed by atoms with Crippen molar-refractivity contribution in [2.75, 3.05) is 23.4 Å². The highest BCUT2D eigenvalue weighted by Gasteiger charge is 2.31. The van der Waals surface area contributed by atoms with Crippen LogP contribution in [0.1, 0.15) is 185 Å². The summed E-state index contributed by atoms with van der Waals surface area (Å²) in [6.07, 6.45) is -0.637. The molecule has 0 saturated carbocycles. The fraction of sp³-hybridized carbons (Fsp3) is 0.458. The van der Waals surface area contributed by atoms with Gasteiger partial charge in [0.15, 0.2) is 0 Å². The fourth-order valence-electron chi connectivity index (χ4n) is 10.3. The number of anilines is 2. The summed E-state index contributed by atoms with van der Waals surface area (Å²) in [5, 5.41) is 11.5. The minimum absolute atomic E-state index is 0.0145. The van der Waals surface area contributed by atoms with E-state index in [-0.39, 0.29) is 51.3 Å². The molecule has 0 aliphatic rings. The van der Waals surface area contributed by atoms with Crippen molar-refractivity contribution in [2.45, 2.75) is 193 Å². The summed E-state index contributed by atoms with van der Waals surface area (Å²) in [5.41, 5.74) is 5.84. The third kappa shape index (κ3) is 42.4. The lowest BCUT2D eigenvalue weighted by Gasteiger charge is -2.18. The van der Waals surface area contributed by atoms with Crippen molar-refractivity contribution in [2.24, 2.45) is 47.3 Å². The van der Waals surface area contributed by atoms with Crippen molar-refractivity contribution in [3.8, 4) is 5.75 Å². The Labute approximate surface area is 638 Å². The number of hydrogen-bond acceptors (Lipinski definition) is 9. The summed E-state index contributed by atoms with van der Waals surface area (Å²) in [6, 6.07) is 35.6. The monoisotopic (exact) mass is 1580 g/mol. The summed E-state index contributed by atoms with van der Waals surface area (Å²) >= 11 is 0. The predicted octanol–water partition coefficient (Wildman–Crippen LogP) is 21.8. The van der Waals surface area contributed by atoms with Gasteiger partial charge >= 0.3 is 24.7 Å². The van der Waals surface area contributed by atoms with E-state index in [4.69, 9.17) is 5.11 Å². The van der Waals surface area contributed by atoms with Crippen LogP contribution in [-0.2, 0) is 85.5 Å². The molecule has 1 amide bonds. The van der Waals surface area contributed by atoms with Crippen LogP contribution in [0.3, 0.4) is 0 Å². The fourth-order valence-corrected chi connectivity index (χ4v) is 12.2. The molecule has 0 radical (unpaired) electrons. The Morgan fingerprint density at radius 1 is 0.477 bits per heavy atom. The zero-order valence-corrected chi connectivity index (χ0v) is 67.4. The summed E-state index contributed by atoms with van der Waals surface area (Å²) in [6.45, 7) is 30.6. The van der Waals surface area contributed by atoms with Crippen LogP contribution in [-0.4, -0.2) is 65.8 Å². The molecule has 0 unspecified atom stereocenters. The molecule has 13 nitrogen and oxygen atoms in total. The van der Waals surface area contributed by atoms with Gasteiger partial charge in [0.05, 0.1) is 46.3 Å². The van der Waals surface area contributed by atoms with Crippen LogP contribution in [0.4, 0.5) is 59.7 Å². The molecule has 0 aliphatic carbocycles. The molecule has 0 bridgehead atoms. The van der Waals surface area contributed by atoms with Gasteiger partial charge in [-0.15, -0.1) is 0 Å². The number of carbonyl (C=O) groups excluding carboxylic acids is 2. The van der Waals surface area contributed by atoms with Crippen molar-refractivity contribution in [3.05, 3.63) is 224 Å². The van der Waals surface area contributed by atoms with E-state index in [0.29, 0.717) is 53.9 Å². The lowest BCUT2D eigenvalue weighted by molar-refractivity contribution is -0.140. The number of halogens is 11. The zero-order chi connectivity index (χ0) is 83.4. The maximum absolute atomic E-state index is 13.3. The molecule has 0 aliphatic heterocycles. The molecule has 1 atom stereocenters. The first kappa shape index (κ1) is 98.6. The van der Waals surface area contributed by atoms with Gasteiger partial charge in [-0.05, 0) is 222 Å². The molecule has 109 heavy (non-hydrogen) atoms. The number of methoxy groups -OCH3 is 1. The number of carboxylic acids is 1. The Kier molecular flexibility index (Phi) is 43.7. The number of amides is 1. The van der Waals surface area contributed by atoms with Gasteiger partial charge in [0.1, 0.15) is 35.1 Å². The van der Waals surface area contributed by atoms with E-state index >= 15 is 0 Å². The van der Waals surface area contributed by atoms with Crippen LogP contribution in [0, 0.1) is 70.6 Å². The van der Waals surface area contributed by atoms with E-state index < -0.39 is 85.7 Å². The van der Waals surface area contributed by atoms with Gasteiger partial charge in [-0.2, -0.15) is 26.7 Å². The maximum Gasteiger partial charge on any atom is 0.416 e. The topological polar surface area (TPSA) is 194 Å². The number of esters is 1. The maximum atomic E-state index is 13.3. The number of benzene rings is 7. The molecule has 606 valence electrons. The second-order valence-corrected chi connectivity index (χ2v) is 32.8. The van der Waals surface area contributed by atoms with E-state index in [1.54, 1.807) is 68.4 Å². The molecule has 7 aromatic carbocycles. The number of rotatable bonds is 26. The van der Waals surface area contributed by atoms with Crippen molar-refractivity contribution < 1.29 is 94.1 Å². The van der Waals surface area contributed by atoms with Gasteiger partial charge in [0.25, 0.3) is 6.43 Å². The number of hydrogen-bond donors (Lipinski definition) is 4. The number of ether oxygens (including phenoxy) is 2. The Balaban J connectivity index is 0.000000639. The summed E-state index contributed by atoms with van der Waals surface area (Å²) in [7, 11) is -5.86. The standard InChI is InChI=1S/C15H23NO4S.C12H16FNO.C12H16O2.C11H12F4.C11H13F3.C11H14F2O.C11H16FNO2S/c1-10(2)9-12-5-7-13(8-6-12)21(19,20)16-14(11(3)4)15(17)18;1-8(2)6-10-4-5-11(13)12(7-10)14-9(3)15;1-9(2)7-10-5-4-6-11(8-10)12(13)14-3;1-7(2)5-8-6-9(11(13,14)15)3-4-10(8)12;1-7(2)5-8-3-4-10(12)9(6-8)11(13)14;1-8(2)7-9-3-5-10(6-4-9)14-11(12)13;1-8(2)6-9-4-5-10(12)11(7-9)13-16(3,14)15/h5-8,10-11,14,16H,9H2,1-4H3,(H,17,18);4-5,7-8H,6H2,1-3H3,(H,14,15);4-6,8-9H,7H2,1-3H3;3-4,6-7H,5H2,1-2H3;3-4,6-7,11H,5H2,1-2H3;3-6,8,11H,7H2,1-2H3;4-5,7-8,13H,6H2,1-3H3/t14-;;;;;;/m0....../s1. The van der Waals surface area contributed by atoms with Crippen LogP contribution in [0.25, 0.3) is 0 Å². The Hall–Kier alpha value is -8.36. The summed E-state index contributed by atoms with van der Waals surface area (Å²) < 4.78 is 198. The molecule has 26 heteroatoms. The quantitative estimate of drug-likeness (QED) is 0.0299. The second-order valence-electron chi connectivity index (χ2n) is 29.4. The Morgan fingerprint density at radius 3 is 1.27 bits per heavy atom. The van der Waals surface area contributed by atoms with Crippen LogP contribution in [0.5, 0.6) is 5.75 Å². The second kappa shape index (κ2) is 48.3. The third-order valence-electron chi connectivity index (χ3n) is 14.8. The first-order valence-corrected chi connectivity index (χ1v) is 39.1. The number of nitrogens with one attached hydrogen (secondary N) is 3. The van der Waals surface area contributed by atoms with E-state index in [1.165, 1.54) is 56.0 Å². The van der Waals surface area contributed by atoms with E-state index in [9.17, 15) is 79.5 Å². The highest BCUT2D eigenvalue weighted by molar-refractivity contribution is 7.92. The molecule has 7 rings (SSSR count). The van der Waals surface area contributed by atoms with Gasteiger partial charge in [-0.25, -0.2) is 48.0 Å². The molecule has 0 heterocycles. The van der Waals surface area contributed by atoms with Gasteiger partial charge in [-0.3, -0.25) is 14.3 Å². The SMILES string of the molecule is CC(=O)Nc1cc(CC(C)C)ccc1F.CC(C)Cc1cc(C(F)(F)F)ccc1F.CC(C)Cc1ccc(F)c(C(F)F)c1.CC(C)Cc1ccc(F)c(NS(C)(=O)=O)c1.CC(C)Cc1ccc(OC(F)F)cc1.CC(C)Cc1ccc(S(=O)(=O)N[C@H](C(=O)O)C(C)C)cc1.COC(=O)c1cccc(CC(C)C)c1. The molecule has 0 fully saturated rings. The van der Waals surface area contributed by atoms with Crippen LogP contribution in [0.15, 0.2) is 150 Å². The number of sulfonamides is 2. The van der Waals surface area contributed by atoms with Gasteiger partial charge in [0, 0.05) is 6.92 Å². The van der Waals surface area contributed by atoms with E-state index in [2.05, 4.69) is 79.6 Å². The lowest BCUT2D eigenvalue weighted by atomic mass is 10.0. The molecule has 4 N–H and O–H groups in total. The smallest absolute Gasteiger partial charge is 0.416 e. The molecular weight excluding hydrogens is 1470 g/mol. The van der Waals surface area contributed by atoms with E-state index in [1.807, 2.05) is 71.9 Å². The molecule has 7 aromatic rings. The average molecular weight is 1580 g/mol. The first-order chi connectivity index (χ1) is 50.4. The van der Waals surface area contributed by atoms with Crippen LogP contribution < -0.4 is 19.5 Å². The number of aliphatic carboxylic acids is 1. The number of carboxylic acid groups (broad SMARTS) is 1. The summed E-state index contributed by atoms with van der Waals surface area (Å²) in [5.74, 6) is -1.05. The summed E-state index contributed by atoms with van der Waals surface area (Å²) in [4.78, 5) is 33.2. The van der Waals surface area contributed by atoms with Gasteiger partial charge in [-0.1, -0.05) is 165 Å². The number of alkyl halides is 7. The first-order valence-electron chi connectivity index (χ1n) is 35.7. The van der Waals surface area contributed by atoms with Crippen molar-refractivity contribution >= 4 is 49.3 Å². The van der Waals surface area contributed by atoms with Gasteiger partial charge < -0.3 is 19.9 Å². The molecular formula is C83H110F11N3O10S2. The van der Waals surface area contributed by atoms with Crippen LogP contribution >= 0.6 is 0 Å². The Morgan fingerprint density at radius 2 is 0.872 bits per heavy atom. The average Bonchev–Trinajstić information content (AvgIpc) is 0.828. The molecule has 0 aromatic heterocycles. The highest BCUT2D eigenvalue weighted by atomic mass is 32.2. The minimum atomic E-state index is -4.40. The third-order valence-corrected chi connectivity index (χ3v) is 16.8. The normalized spacial score (nSPS) is 11.7. The highest BCUT2D eigenvalue weighted by Crippen LogP contribution is 2.32. The molecule has 0 spiro atoms. The lowest BCUT2D eigenvalue weighted by Crippen LogP contribution is -2.44. The predicted molar refractivity (Wildman–Crippen MR) is 412 cm³/mol. The largest absolute Gasteiger partial charge is 0.480 e. The Bertz CT molecular complexity index is 4090. The van der Waals surface area contributed by atoms with Crippen LogP contribution in [0.2, 0.25) is 0 Å². The minimum Gasteiger partial charge on any atom is -0.480 e. The van der Waals surface area contributed by atoms with Crippen molar-refractivity contribution in [1.29, 1.82) is 0 Å². The molecule has 0 saturated heterocycles. The number of carbonyl (C=O) groups is 3. The van der Waals surface area contributed by atoms with Crippen molar-refractivity contribution in [3.63, 3.8) is 0 Å². The van der Waals surface area contributed by atoms with Crippen molar-refractivity contribution in [1.82, 2.24) is 4.72 Å².